The lowest BCUT2D eigenvalue weighted by molar-refractivity contribution is -0.111. The summed E-state index contributed by atoms with van der Waals surface area (Å²) in [6.45, 7) is 3.35. The van der Waals surface area contributed by atoms with Gasteiger partial charge in [-0.15, -0.1) is 11.3 Å². The van der Waals surface area contributed by atoms with Crippen LogP contribution < -0.4 is 10.2 Å². The Kier molecular flexibility index (Phi) is 5.48. The molecule has 1 N–H and O–H groups in total. The average molecular weight is 393 g/mol. The normalized spacial score (nSPS) is 15.1. The van der Waals surface area contributed by atoms with E-state index in [2.05, 4.69) is 26.1 Å². The standard InChI is InChI=1S/C17H17BrN2O2S/c18-16-7-5-15(23-16)6-8-17(21)19-13-1-3-14(4-2-13)20-9-11-22-12-10-20/h1-8H,9-12H2,(H,19,21)/b8-6+. The molecule has 0 radical (unpaired) electrons. The SMILES string of the molecule is O=C(/C=C/c1ccc(Br)s1)Nc1ccc(N2CCOCC2)cc1. The fraction of sp³-hybridized carbons (Fsp3) is 0.235. The lowest BCUT2D eigenvalue weighted by Crippen LogP contribution is -2.36. The van der Waals surface area contributed by atoms with Crippen molar-refractivity contribution in [1.29, 1.82) is 0 Å². The number of carbonyl (C=O) groups excluding carboxylic acids is 1. The summed E-state index contributed by atoms with van der Waals surface area (Å²) in [5.74, 6) is -0.131. The molecular weight excluding hydrogens is 376 g/mol. The minimum absolute atomic E-state index is 0.131. The predicted molar refractivity (Wildman–Crippen MR) is 99.2 cm³/mol. The zero-order valence-corrected chi connectivity index (χ0v) is 14.9. The van der Waals surface area contributed by atoms with Crippen molar-refractivity contribution in [3.8, 4) is 0 Å². The molecule has 1 aliphatic heterocycles. The highest BCUT2D eigenvalue weighted by molar-refractivity contribution is 9.11. The van der Waals surface area contributed by atoms with Crippen molar-refractivity contribution in [2.75, 3.05) is 36.5 Å². The first-order valence-electron chi connectivity index (χ1n) is 7.38. The van der Waals surface area contributed by atoms with Gasteiger partial charge in [-0.2, -0.15) is 0 Å². The summed E-state index contributed by atoms with van der Waals surface area (Å²) in [6.07, 6.45) is 3.36. The molecule has 1 saturated heterocycles. The van der Waals surface area contributed by atoms with Crippen LogP contribution in [0.5, 0.6) is 0 Å². The van der Waals surface area contributed by atoms with E-state index in [1.54, 1.807) is 17.4 Å². The molecule has 1 aliphatic rings. The number of rotatable bonds is 4. The number of benzene rings is 1. The molecule has 3 rings (SSSR count). The molecule has 0 saturated carbocycles. The van der Waals surface area contributed by atoms with Gasteiger partial charge in [0.1, 0.15) is 0 Å². The van der Waals surface area contributed by atoms with Crippen LogP contribution in [0.15, 0.2) is 46.3 Å². The van der Waals surface area contributed by atoms with Gasteiger partial charge in [-0.3, -0.25) is 4.79 Å². The Morgan fingerprint density at radius 1 is 1.17 bits per heavy atom. The van der Waals surface area contributed by atoms with Gasteiger partial charge in [-0.05, 0) is 58.4 Å². The third-order valence-electron chi connectivity index (χ3n) is 3.50. The highest BCUT2D eigenvalue weighted by atomic mass is 79.9. The van der Waals surface area contributed by atoms with Gasteiger partial charge >= 0.3 is 0 Å². The summed E-state index contributed by atoms with van der Waals surface area (Å²) >= 11 is 4.99. The van der Waals surface area contributed by atoms with Gasteiger partial charge in [0.15, 0.2) is 0 Å². The van der Waals surface area contributed by atoms with Crippen LogP contribution in [0.25, 0.3) is 6.08 Å². The number of anilines is 2. The molecule has 120 valence electrons. The van der Waals surface area contributed by atoms with E-state index < -0.39 is 0 Å². The largest absolute Gasteiger partial charge is 0.378 e. The molecule has 0 bridgehead atoms. The Labute approximate surface area is 147 Å². The molecule has 6 heteroatoms. The Hall–Kier alpha value is -1.63. The molecule has 2 heterocycles. The molecule has 23 heavy (non-hydrogen) atoms. The van der Waals surface area contributed by atoms with Gasteiger partial charge in [0.2, 0.25) is 5.91 Å². The van der Waals surface area contributed by atoms with Crippen molar-refractivity contribution in [1.82, 2.24) is 0 Å². The number of nitrogens with one attached hydrogen (secondary N) is 1. The minimum Gasteiger partial charge on any atom is -0.378 e. The number of halogens is 1. The van der Waals surface area contributed by atoms with E-state index in [1.807, 2.05) is 42.5 Å². The quantitative estimate of drug-likeness (QED) is 0.799. The summed E-state index contributed by atoms with van der Waals surface area (Å²) < 4.78 is 6.41. The van der Waals surface area contributed by atoms with Crippen LogP contribution in [0.2, 0.25) is 0 Å². The number of ether oxygens (including phenoxy) is 1. The van der Waals surface area contributed by atoms with E-state index in [-0.39, 0.29) is 5.91 Å². The molecule has 0 spiro atoms. The molecule has 0 aliphatic carbocycles. The van der Waals surface area contributed by atoms with Gasteiger partial charge in [0.25, 0.3) is 0 Å². The zero-order chi connectivity index (χ0) is 16.1. The maximum absolute atomic E-state index is 11.9. The highest BCUT2D eigenvalue weighted by Gasteiger charge is 2.10. The van der Waals surface area contributed by atoms with Gasteiger partial charge in [0.05, 0.1) is 17.0 Å². The van der Waals surface area contributed by atoms with Gasteiger partial charge in [-0.25, -0.2) is 0 Å². The van der Waals surface area contributed by atoms with E-state index in [0.29, 0.717) is 0 Å². The number of nitrogens with zero attached hydrogens (tertiary/aromatic N) is 1. The number of hydrogen-bond donors (Lipinski definition) is 1. The summed E-state index contributed by atoms with van der Waals surface area (Å²) in [6, 6.07) is 11.8. The molecular formula is C17H17BrN2O2S. The van der Waals surface area contributed by atoms with Crippen molar-refractivity contribution in [3.05, 3.63) is 51.1 Å². The third kappa shape index (κ3) is 4.67. The van der Waals surface area contributed by atoms with E-state index in [4.69, 9.17) is 4.74 Å². The van der Waals surface area contributed by atoms with Crippen LogP contribution in [0.4, 0.5) is 11.4 Å². The molecule has 1 aromatic heterocycles. The molecule has 1 fully saturated rings. The van der Waals surface area contributed by atoms with Crippen molar-refractivity contribution >= 4 is 50.6 Å². The fourth-order valence-corrected chi connectivity index (χ4v) is 3.66. The molecule has 1 amide bonds. The van der Waals surface area contributed by atoms with Crippen molar-refractivity contribution in [2.24, 2.45) is 0 Å². The number of hydrogen-bond acceptors (Lipinski definition) is 4. The highest BCUT2D eigenvalue weighted by Crippen LogP contribution is 2.23. The molecule has 0 unspecified atom stereocenters. The second-order valence-corrected chi connectivity index (χ2v) is 7.61. The summed E-state index contributed by atoms with van der Waals surface area (Å²) in [7, 11) is 0. The molecule has 4 nitrogen and oxygen atoms in total. The topological polar surface area (TPSA) is 41.6 Å². The first-order chi connectivity index (χ1) is 11.2. The zero-order valence-electron chi connectivity index (χ0n) is 12.5. The van der Waals surface area contributed by atoms with Crippen LogP contribution in [-0.4, -0.2) is 32.2 Å². The van der Waals surface area contributed by atoms with Gasteiger partial charge < -0.3 is 15.0 Å². The van der Waals surface area contributed by atoms with Crippen LogP contribution in [-0.2, 0) is 9.53 Å². The first-order valence-corrected chi connectivity index (χ1v) is 8.99. The van der Waals surface area contributed by atoms with E-state index in [9.17, 15) is 4.79 Å². The lowest BCUT2D eigenvalue weighted by atomic mass is 10.2. The van der Waals surface area contributed by atoms with Crippen molar-refractivity contribution in [2.45, 2.75) is 0 Å². The van der Waals surface area contributed by atoms with E-state index in [0.717, 1.165) is 46.3 Å². The Morgan fingerprint density at radius 3 is 2.57 bits per heavy atom. The maximum atomic E-state index is 11.9. The number of thiophene rings is 1. The Balaban J connectivity index is 1.57. The minimum atomic E-state index is -0.131. The summed E-state index contributed by atoms with van der Waals surface area (Å²) in [5.41, 5.74) is 1.95. The predicted octanol–water partition coefficient (Wildman–Crippen LogP) is 4.00. The maximum Gasteiger partial charge on any atom is 0.248 e. The molecule has 0 atom stereocenters. The van der Waals surface area contributed by atoms with Crippen LogP contribution >= 0.6 is 27.3 Å². The van der Waals surface area contributed by atoms with Crippen molar-refractivity contribution in [3.63, 3.8) is 0 Å². The lowest BCUT2D eigenvalue weighted by Gasteiger charge is -2.28. The third-order valence-corrected chi connectivity index (χ3v) is 5.09. The van der Waals surface area contributed by atoms with Gasteiger partial charge in [0, 0.05) is 35.4 Å². The van der Waals surface area contributed by atoms with Gasteiger partial charge in [-0.1, -0.05) is 0 Å². The first kappa shape index (κ1) is 16.2. The van der Waals surface area contributed by atoms with Crippen LogP contribution in [0.3, 0.4) is 0 Å². The Morgan fingerprint density at radius 2 is 1.91 bits per heavy atom. The number of morpholine rings is 1. The smallest absolute Gasteiger partial charge is 0.248 e. The van der Waals surface area contributed by atoms with Crippen molar-refractivity contribution < 1.29 is 9.53 Å². The van der Waals surface area contributed by atoms with Crippen LogP contribution in [0.1, 0.15) is 4.88 Å². The fourth-order valence-electron chi connectivity index (χ4n) is 2.34. The van der Waals surface area contributed by atoms with E-state index in [1.165, 1.54) is 0 Å². The summed E-state index contributed by atoms with van der Waals surface area (Å²) in [4.78, 5) is 15.3. The number of amides is 1. The molecule has 1 aromatic carbocycles. The molecule has 2 aromatic rings. The monoisotopic (exact) mass is 392 g/mol. The average Bonchev–Trinajstić information content (AvgIpc) is 3.00. The number of carbonyl (C=O) groups is 1. The van der Waals surface area contributed by atoms with Crippen LogP contribution in [0, 0.1) is 0 Å². The second-order valence-electron chi connectivity index (χ2n) is 5.11. The second kappa shape index (κ2) is 7.77. The van der Waals surface area contributed by atoms with E-state index >= 15 is 0 Å². The summed E-state index contributed by atoms with van der Waals surface area (Å²) in [5, 5.41) is 2.87. The Bertz CT molecular complexity index is 691.